The van der Waals surface area contributed by atoms with Gasteiger partial charge in [0, 0.05) is 23.8 Å². The number of imidazole rings is 1. The van der Waals surface area contributed by atoms with E-state index in [9.17, 15) is 4.79 Å². The lowest BCUT2D eigenvalue weighted by Gasteiger charge is -2.15. The van der Waals surface area contributed by atoms with Crippen LogP contribution in [0.15, 0.2) is 73.3 Å². The third-order valence-electron chi connectivity index (χ3n) is 3.57. The number of nitrogens with one attached hydrogen (secondary N) is 2. The number of amides is 2. The van der Waals surface area contributed by atoms with Crippen LogP contribution in [-0.2, 0) is 0 Å². The molecule has 0 fully saturated rings. The van der Waals surface area contributed by atoms with E-state index in [1.54, 1.807) is 12.5 Å². The van der Waals surface area contributed by atoms with Gasteiger partial charge in [-0.05, 0) is 36.8 Å². The Balaban J connectivity index is 1.61. The molecule has 1 unspecified atom stereocenters. The van der Waals surface area contributed by atoms with Crippen molar-refractivity contribution < 1.29 is 4.79 Å². The number of carbonyl (C=O) groups excluding carboxylic acids is 1. The summed E-state index contributed by atoms with van der Waals surface area (Å²) in [5.74, 6) is 0. The normalized spacial score (nSPS) is 11.7. The van der Waals surface area contributed by atoms with E-state index in [-0.39, 0.29) is 12.1 Å². The first-order chi connectivity index (χ1) is 11.2. The van der Waals surface area contributed by atoms with Crippen LogP contribution in [0.4, 0.5) is 10.5 Å². The molecule has 3 rings (SSSR count). The summed E-state index contributed by atoms with van der Waals surface area (Å²) in [6, 6.07) is 17.1. The maximum Gasteiger partial charge on any atom is 0.319 e. The van der Waals surface area contributed by atoms with E-state index in [2.05, 4.69) is 15.6 Å². The molecular formula is C18H18N4O. The second-order valence-electron chi connectivity index (χ2n) is 5.25. The highest BCUT2D eigenvalue weighted by Crippen LogP contribution is 2.16. The predicted molar refractivity (Wildman–Crippen MR) is 90.6 cm³/mol. The van der Waals surface area contributed by atoms with Gasteiger partial charge in [-0.1, -0.05) is 30.3 Å². The molecule has 1 aromatic heterocycles. The largest absolute Gasteiger partial charge is 0.331 e. The molecule has 0 saturated carbocycles. The Morgan fingerprint density at radius 2 is 1.83 bits per heavy atom. The van der Waals surface area contributed by atoms with Crippen LogP contribution in [-0.4, -0.2) is 15.6 Å². The number of para-hydroxylation sites is 1. The first-order valence-corrected chi connectivity index (χ1v) is 7.43. The molecule has 5 heteroatoms. The first-order valence-electron chi connectivity index (χ1n) is 7.43. The molecule has 1 atom stereocenters. The van der Waals surface area contributed by atoms with Gasteiger partial charge in [0.05, 0.1) is 12.4 Å². The van der Waals surface area contributed by atoms with Gasteiger partial charge in [-0.3, -0.25) is 0 Å². The van der Waals surface area contributed by atoms with Gasteiger partial charge < -0.3 is 15.2 Å². The van der Waals surface area contributed by atoms with Gasteiger partial charge in [0.15, 0.2) is 0 Å². The zero-order valence-corrected chi connectivity index (χ0v) is 12.8. The van der Waals surface area contributed by atoms with E-state index in [1.807, 2.05) is 72.3 Å². The molecule has 0 radical (unpaired) electrons. The van der Waals surface area contributed by atoms with Crippen molar-refractivity contribution >= 4 is 11.7 Å². The molecule has 0 bridgehead atoms. The summed E-state index contributed by atoms with van der Waals surface area (Å²) in [5.41, 5.74) is 2.84. The number of rotatable bonds is 4. The Labute approximate surface area is 135 Å². The standard InChI is InChI=1S/C18H18N4O/c1-14(20-18(23)21-16-5-3-2-4-6-16)15-7-9-17(10-8-15)22-12-11-19-13-22/h2-14H,1H3,(H2,20,21,23). The van der Waals surface area contributed by atoms with Gasteiger partial charge in [0.1, 0.15) is 0 Å². The average molecular weight is 306 g/mol. The molecule has 0 aliphatic rings. The molecule has 116 valence electrons. The number of benzene rings is 2. The number of hydrogen-bond acceptors (Lipinski definition) is 2. The molecule has 23 heavy (non-hydrogen) atoms. The summed E-state index contributed by atoms with van der Waals surface area (Å²) < 4.78 is 1.93. The van der Waals surface area contributed by atoms with Gasteiger partial charge >= 0.3 is 6.03 Å². The van der Waals surface area contributed by atoms with Crippen molar-refractivity contribution in [1.29, 1.82) is 0 Å². The molecule has 3 aromatic rings. The van der Waals surface area contributed by atoms with Gasteiger partial charge in [0.2, 0.25) is 0 Å². The van der Waals surface area contributed by atoms with Crippen LogP contribution in [0.2, 0.25) is 0 Å². The second kappa shape index (κ2) is 6.79. The maximum atomic E-state index is 12.0. The van der Waals surface area contributed by atoms with Crippen LogP contribution in [0.25, 0.3) is 5.69 Å². The Kier molecular flexibility index (Phi) is 4.38. The average Bonchev–Trinajstić information content (AvgIpc) is 3.10. The SMILES string of the molecule is CC(NC(=O)Nc1ccccc1)c1ccc(-n2ccnc2)cc1. The van der Waals surface area contributed by atoms with E-state index < -0.39 is 0 Å². The molecular weight excluding hydrogens is 288 g/mol. The van der Waals surface area contributed by atoms with Crippen molar-refractivity contribution in [3.63, 3.8) is 0 Å². The fourth-order valence-electron chi connectivity index (χ4n) is 2.32. The van der Waals surface area contributed by atoms with Crippen molar-refractivity contribution in [2.75, 3.05) is 5.32 Å². The number of anilines is 1. The molecule has 0 aliphatic carbocycles. The van der Waals surface area contributed by atoms with E-state index in [0.29, 0.717) is 0 Å². The van der Waals surface area contributed by atoms with Gasteiger partial charge in [-0.15, -0.1) is 0 Å². The highest BCUT2D eigenvalue weighted by Gasteiger charge is 2.09. The van der Waals surface area contributed by atoms with E-state index in [0.717, 1.165) is 16.9 Å². The van der Waals surface area contributed by atoms with Crippen molar-refractivity contribution in [3.05, 3.63) is 78.9 Å². The minimum atomic E-state index is -0.220. The minimum Gasteiger partial charge on any atom is -0.331 e. The summed E-state index contributed by atoms with van der Waals surface area (Å²) in [5, 5.41) is 5.74. The fourth-order valence-corrected chi connectivity index (χ4v) is 2.32. The van der Waals surface area contributed by atoms with Gasteiger partial charge in [-0.25, -0.2) is 9.78 Å². The monoisotopic (exact) mass is 306 g/mol. The summed E-state index contributed by atoms with van der Waals surface area (Å²) in [4.78, 5) is 16.0. The quantitative estimate of drug-likeness (QED) is 0.771. The van der Waals surface area contributed by atoms with Crippen LogP contribution in [0.5, 0.6) is 0 Å². The third-order valence-corrected chi connectivity index (χ3v) is 3.57. The summed E-state index contributed by atoms with van der Waals surface area (Å²) in [7, 11) is 0. The summed E-state index contributed by atoms with van der Waals surface area (Å²) in [6.45, 7) is 1.96. The second-order valence-corrected chi connectivity index (χ2v) is 5.25. The minimum absolute atomic E-state index is 0.0875. The Morgan fingerprint density at radius 3 is 2.48 bits per heavy atom. The lowest BCUT2D eigenvalue weighted by Crippen LogP contribution is -2.31. The number of hydrogen-bond donors (Lipinski definition) is 2. The topological polar surface area (TPSA) is 59.0 Å². The molecule has 2 N–H and O–H groups in total. The van der Waals surface area contributed by atoms with Crippen molar-refractivity contribution in [1.82, 2.24) is 14.9 Å². The van der Waals surface area contributed by atoms with Crippen LogP contribution in [0.3, 0.4) is 0 Å². The zero-order valence-electron chi connectivity index (χ0n) is 12.8. The van der Waals surface area contributed by atoms with Crippen molar-refractivity contribution in [2.45, 2.75) is 13.0 Å². The maximum absolute atomic E-state index is 12.0. The molecule has 1 heterocycles. The molecule has 2 amide bonds. The number of carbonyl (C=O) groups is 1. The molecule has 0 spiro atoms. The molecule has 2 aromatic carbocycles. The molecule has 0 saturated heterocycles. The third kappa shape index (κ3) is 3.77. The fraction of sp³-hybridized carbons (Fsp3) is 0.111. The smallest absolute Gasteiger partial charge is 0.319 e. The van der Waals surface area contributed by atoms with Crippen molar-refractivity contribution in [3.8, 4) is 5.69 Å². The van der Waals surface area contributed by atoms with E-state index >= 15 is 0 Å². The highest BCUT2D eigenvalue weighted by molar-refractivity contribution is 5.89. The summed E-state index contributed by atoms with van der Waals surface area (Å²) >= 11 is 0. The van der Waals surface area contributed by atoms with Gasteiger partial charge in [0.25, 0.3) is 0 Å². The van der Waals surface area contributed by atoms with Crippen LogP contribution in [0.1, 0.15) is 18.5 Å². The summed E-state index contributed by atoms with van der Waals surface area (Å²) in [6.07, 6.45) is 5.39. The van der Waals surface area contributed by atoms with Crippen molar-refractivity contribution in [2.24, 2.45) is 0 Å². The zero-order chi connectivity index (χ0) is 16.1. The Hall–Kier alpha value is -3.08. The number of nitrogens with zero attached hydrogens (tertiary/aromatic N) is 2. The lowest BCUT2D eigenvalue weighted by atomic mass is 10.1. The Bertz CT molecular complexity index is 751. The molecule has 0 aliphatic heterocycles. The van der Waals surface area contributed by atoms with Crippen LogP contribution < -0.4 is 10.6 Å². The van der Waals surface area contributed by atoms with Gasteiger partial charge in [-0.2, -0.15) is 0 Å². The lowest BCUT2D eigenvalue weighted by molar-refractivity contribution is 0.249. The van der Waals surface area contributed by atoms with E-state index in [4.69, 9.17) is 0 Å². The Morgan fingerprint density at radius 1 is 1.09 bits per heavy atom. The number of urea groups is 1. The predicted octanol–water partition coefficient (Wildman–Crippen LogP) is 3.76. The first kappa shape index (κ1) is 14.8. The van der Waals surface area contributed by atoms with Crippen LogP contribution >= 0.6 is 0 Å². The highest BCUT2D eigenvalue weighted by atomic mass is 16.2. The molecule has 5 nitrogen and oxygen atoms in total. The number of aromatic nitrogens is 2. The van der Waals surface area contributed by atoms with Crippen LogP contribution in [0, 0.1) is 0 Å². The van der Waals surface area contributed by atoms with E-state index in [1.165, 1.54) is 0 Å².